The molecule has 0 atom stereocenters. The second kappa shape index (κ2) is 12.9. The minimum atomic E-state index is 0. The van der Waals surface area contributed by atoms with Gasteiger partial charge in [-0.15, -0.1) is 0 Å². The predicted octanol–water partition coefficient (Wildman–Crippen LogP) is -3.05. The highest BCUT2D eigenvalue weighted by Gasteiger charge is 1.86. The van der Waals surface area contributed by atoms with E-state index in [4.69, 9.17) is 10.9 Å². The van der Waals surface area contributed by atoms with Crippen molar-refractivity contribution in [2.24, 2.45) is 10.9 Å². The second-order valence-electron chi connectivity index (χ2n) is 2.12. The minimum absolute atomic E-state index is 0. The van der Waals surface area contributed by atoms with E-state index in [0.29, 0.717) is 5.57 Å². The van der Waals surface area contributed by atoms with Crippen LogP contribution in [0.5, 0.6) is 0 Å². The molecule has 0 spiro atoms. The van der Waals surface area contributed by atoms with E-state index in [0.717, 1.165) is 6.54 Å². The van der Waals surface area contributed by atoms with Crippen molar-refractivity contribution < 1.29 is 23.3 Å². The van der Waals surface area contributed by atoms with Gasteiger partial charge in [0.05, 0.1) is 6.54 Å². The molecular formula is C7H18ClN3O. The predicted molar refractivity (Wildman–Crippen MR) is 46.3 cm³/mol. The van der Waals surface area contributed by atoms with E-state index in [9.17, 15) is 0 Å². The molecule has 74 valence electrons. The Balaban J connectivity index is -0.000000142. The van der Waals surface area contributed by atoms with E-state index in [1.165, 1.54) is 6.42 Å². The molecule has 5 heteroatoms. The Bertz CT molecular complexity index is 135. The Labute approximate surface area is 79.7 Å². The van der Waals surface area contributed by atoms with Gasteiger partial charge in [-0.2, -0.15) is 0 Å². The van der Waals surface area contributed by atoms with Gasteiger partial charge in [-0.25, -0.2) is 0 Å². The van der Waals surface area contributed by atoms with Crippen molar-refractivity contribution >= 4 is 5.84 Å². The van der Waals surface area contributed by atoms with Crippen molar-refractivity contribution in [2.75, 3.05) is 6.54 Å². The van der Waals surface area contributed by atoms with Crippen molar-refractivity contribution in [3.8, 4) is 0 Å². The molecule has 0 aliphatic carbocycles. The van der Waals surface area contributed by atoms with Gasteiger partial charge < -0.3 is 29.1 Å². The van der Waals surface area contributed by atoms with Crippen LogP contribution in [0.1, 0.15) is 20.3 Å². The summed E-state index contributed by atoms with van der Waals surface area (Å²) in [5.74, 6) is 0.0833. The average molecular weight is 196 g/mol. The molecule has 6 N–H and O–H groups in total. The third kappa shape index (κ3) is 16.1. The van der Waals surface area contributed by atoms with Crippen LogP contribution in [0, 0.1) is 0 Å². The number of hydrogen-bond acceptors (Lipinski definition) is 2. The summed E-state index contributed by atoms with van der Waals surface area (Å²) in [7, 11) is 0. The summed E-state index contributed by atoms with van der Waals surface area (Å²) in [4.78, 5) is 0. The molecule has 0 aromatic rings. The van der Waals surface area contributed by atoms with E-state index in [2.05, 4.69) is 24.4 Å². The molecule has 0 amide bonds. The van der Waals surface area contributed by atoms with Crippen molar-refractivity contribution in [3.05, 3.63) is 12.2 Å². The number of rotatable bonds is 2. The van der Waals surface area contributed by atoms with Crippen LogP contribution in [0.3, 0.4) is 0 Å². The van der Waals surface area contributed by atoms with E-state index in [1.54, 1.807) is 6.92 Å². The SMILES string of the molecule is C=C(C)C(N)=NO.CCC[NH3+].[Cl-]. The fourth-order valence-electron chi connectivity index (χ4n) is 0.0854. The topological polar surface area (TPSA) is 86.2 Å². The molecule has 0 heterocycles. The zero-order chi connectivity index (χ0) is 9.28. The van der Waals surface area contributed by atoms with Crippen molar-refractivity contribution in [3.63, 3.8) is 0 Å². The lowest BCUT2D eigenvalue weighted by atomic mass is 10.3. The standard InChI is InChI=1S/C4H8N2O.C3H9N.ClH/c1-3(2)4(5)6-7;1-2-3-4;/h7H,1H2,2H3,(H2,5,6);2-4H2,1H3;1H. The second-order valence-corrected chi connectivity index (χ2v) is 2.12. The molecule has 0 aliphatic rings. The summed E-state index contributed by atoms with van der Waals surface area (Å²) < 4.78 is 0. The van der Waals surface area contributed by atoms with Crippen molar-refractivity contribution in [2.45, 2.75) is 20.3 Å². The van der Waals surface area contributed by atoms with Crippen molar-refractivity contribution in [1.29, 1.82) is 0 Å². The normalized spacial score (nSPS) is 9.08. The van der Waals surface area contributed by atoms with Crippen LogP contribution in [0.2, 0.25) is 0 Å². The highest BCUT2D eigenvalue weighted by atomic mass is 35.5. The van der Waals surface area contributed by atoms with Gasteiger partial charge in [0, 0.05) is 0 Å². The zero-order valence-electron chi connectivity index (χ0n) is 7.68. The minimum Gasteiger partial charge on any atom is -1.00 e. The fraction of sp³-hybridized carbons (Fsp3) is 0.571. The number of quaternary nitrogens is 1. The Hall–Kier alpha value is -0.740. The Morgan fingerprint density at radius 3 is 2.00 bits per heavy atom. The molecule has 0 unspecified atom stereocenters. The third-order valence-corrected chi connectivity index (χ3v) is 0.899. The van der Waals surface area contributed by atoms with Gasteiger partial charge in [-0.3, -0.25) is 0 Å². The van der Waals surface area contributed by atoms with Gasteiger partial charge in [0.1, 0.15) is 0 Å². The monoisotopic (exact) mass is 195 g/mol. The van der Waals surface area contributed by atoms with E-state index >= 15 is 0 Å². The van der Waals surface area contributed by atoms with Gasteiger partial charge in [0.25, 0.3) is 0 Å². The molecule has 0 fully saturated rings. The van der Waals surface area contributed by atoms with Crippen LogP contribution in [0.25, 0.3) is 0 Å². The molecular weight excluding hydrogens is 178 g/mol. The summed E-state index contributed by atoms with van der Waals surface area (Å²) >= 11 is 0. The first-order valence-corrected chi connectivity index (χ1v) is 3.52. The number of amidine groups is 1. The molecule has 0 saturated heterocycles. The smallest absolute Gasteiger partial charge is 0.165 e. The molecule has 0 aliphatic heterocycles. The van der Waals surface area contributed by atoms with E-state index in [-0.39, 0.29) is 18.2 Å². The maximum Gasteiger partial charge on any atom is 0.165 e. The maximum atomic E-state index is 7.91. The van der Waals surface area contributed by atoms with Gasteiger partial charge in [-0.1, -0.05) is 18.7 Å². The summed E-state index contributed by atoms with van der Waals surface area (Å²) in [5, 5.41) is 10.6. The first kappa shape index (κ1) is 17.4. The number of nitrogens with zero attached hydrogens (tertiary/aromatic N) is 1. The lowest BCUT2D eigenvalue weighted by Crippen LogP contribution is -3.00. The van der Waals surface area contributed by atoms with Crippen molar-refractivity contribution in [1.82, 2.24) is 0 Å². The van der Waals surface area contributed by atoms with Gasteiger partial charge in [0.15, 0.2) is 5.84 Å². The quantitative estimate of drug-likeness (QED) is 0.189. The summed E-state index contributed by atoms with van der Waals surface area (Å²) in [6.45, 7) is 8.26. The lowest BCUT2D eigenvalue weighted by Gasteiger charge is -1.89. The van der Waals surface area contributed by atoms with E-state index in [1.807, 2.05) is 0 Å². The molecule has 0 aromatic carbocycles. The first-order chi connectivity index (χ1) is 5.09. The average Bonchev–Trinajstić information content (AvgIpc) is 2.03. The molecule has 4 nitrogen and oxygen atoms in total. The summed E-state index contributed by atoms with van der Waals surface area (Å²) in [6.07, 6.45) is 1.21. The highest BCUT2D eigenvalue weighted by Crippen LogP contribution is 1.82. The fourth-order valence-corrected chi connectivity index (χ4v) is 0.0854. The molecule has 0 bridgehead atoms. The maximum absolute atomic E-state index is 7.91. The Kier molecular flexibility index (Phi) is 18.7. The Morgan fingerprint density at radius 2 is 2.00 bits per heavy atom. The first-order valence-electron chi connectivity index (χ1n) is 3.52. The lowest BCUT2D eigenvalue weighted by molar-refractivity contribution is -0.367. The zero-order valence-corrected chi connectivity index (χ0v) is 8.43. The van der Waals surface area contributed by atoms with Crippen LogP contribution in [0.4, 0.5) is 0 Å². The number of nitrogens with two attached hydrogens (primary N) is 1. The van der Waals surface area contributed by atoms with Gasteiger partial charge >= 0.3 is 0 Å². The molecule has 0 saturated carbocycles. The van der Waals surface area contributed by atoms with Crippen LogP contribution >= 0.6 is 0 Å². The molecule has 0 rings (SSSR count). The number of halogens is 1. The summed E-state index contributed by atoms with van der Waals surface area (Å²) in [5.41, 5.74) is 9.19. The van der Waals surface area contributed by atoms with Crippen LogP contribution in [-0.4, -0.2) is 17.6 Å². The summed E-state index contributed by atoms with van der Waals surface area (Å²) in [6, 6.07) is 0. The largest absolute Gasteiger partial charge is 1.00 e. The highest BCUT2D eigenvalue weighted by molar-refractivity contribution is 5.95. The molecule has 0 aromatic heterocycles. The van der Waals surface area contributed by atoms with Gasteiger partial charge in [-0.05, 0) is 18.9 Å². The third-order valence-electron chi connectivity index (χ3n) is 0.899. The Morgan fingerprint density at radius 1 is 1.67 bits per heavy atom. The molecule has 0 radical (unpaired) electrons. The molecule has 12 heavy (non-hydrogen) atoms. The number of hydrogen-bond donors (Lipinski definition) is 3. The van der Waals surface area contributed by atoms with E-state index < -0.39 is 0 Å². The van der Waals surface area contributed by atoms with Crippen LogP contribution in [-0.2, 0) is 0 Å². The number of oxime groups is 1. The van der Waals surface area contributed by atoms with Crippen LogP contribution in [0.15, 0.2) is 17.3 Å². The van der Waals surface area contributed by atoms with Gasteiger partial charge in [0.2, 0.25) is 0 Å². The van der Waals surface area contributed by atoms with Crippen LogP contribution < -0.4 is 23.9 Å².